The summed E-state index contributed by atoms with van der Waals surface area (Å²) in [6, 6.07) is 17.1. The molecule has 3 aromatic rings. The van der Waals surface area contributed by atoms with E-state index in [2.05, 4.69) is 19.0 Å². The molecule has 3 aromatic carbocycles. The van der Waals surface area contributed by atoms with Gasteiger partial charge in [0.1, 0.15) is 17.2 Å². The average Bonchev–Trinajstić information content (AvgIpc) is 3.05. The fourth-order valence-electron chi connectivity index (χ4n) is 5.42. The van der Waals surface area contributed by atoms with E-state index in [0.717, 1.165) is 31.5 Å². The standard InChI is InChI=1S/C36H43N3O6/c1-25-14-17-30(33(23-25)45-22-10-6-7-13-34(41)39-20-18-27(19-21-39)37(2)3)38(4)36(43)26-15-16-29(32(24-26)44-5)35(42)28-11-8-9-12-31(28)40/h7-9,11-17,23-24,27,40H,6,10,18-22H2,1-5H3/b13-7+. The van der Waals surface area contributed by atoms with Crippen molar-refractivity contribution in [1.82, 2.24) is 9.80 Å². The van der Waals surface area contributed by atoms with Crippen molar-refractivity contribution < 1.29 is 29.0 Å². The fourth-order valence-corrected chi connectivity index (χ4v) is 5.42. The molecule has 9 nitrogen and oxygen atoms in total. The molecule has 1 aliphatic heterocycles. The highest BCUT2D eigenvalue weighted by atomic mass is 16.5. The van der Waals surface area contributed by atoms with Crippen molar-refractivity contribution in [2.24, 2.45) is 0 Å². The molecule has 1 aliphatic rings. The number of ether oxygens (including phenoxy) is 2. The van der Waals surface area contributed by atoms with Crippen LogP contribution in [-0.2, 0) is 4.79 Å². The lowest BCUT2D eigenvalue weighted by molar-refractivity contribution is -0.127. The van der Waals surface area contributed by atoms with Gasteiger partial charge < -0.3 is 29.3 Å². The number of rotatable bonds is 12. The van der Waals surface area contributed by atoms with Crippen LogP contribution in [0.2, 0.25) is 0 Å². The Morgan fingerprint density at radius 2 is 1.69 bits per heavy atom. The van der Waals surface area contributed by atoms with Gasteiger partial charge in [-0.05, 0) is 101 Å². The van der Waals surface area contributed by atoms with Gasteiger partial charge in [0, 0.05) is 31.7 Å². The number of amides is 2. The second-order valence-corrected chi connectivity index (χ2v) is 11.5. The zero-order valence-electron chi connectivity index (χ0n) is 26.8. The molecule has 1 fully saturated rings. The maximum Gasteiger partial charge on any atom is 0.258 e. The number of phenolic OH excluding ortho intramolecular Hbond substituents is 1. The van der Waals surface area contributed by atoms with E-state index < -0.39 is 5.78 Å². The topological polar surface area (TPSA) is 99.6 Å². The number of hydrogen-bond acceptors (Lipinski definition) is 7. The summed E-state index contributed by atoms with van der Waals surface area (Å²) in [5.41, 5.74) is 2.31. The second-order valence-electron chi connectivity index (χ2n) is 11.5. The highest BCUT2D eigenvalue weighted by Crippen LogP contribution is 2.32. The molecular weight excluding hydrogens is 570 g/mol. The van der Waals surface area contributed by atoms with Crippen molar-refractivity contribution in [3.63, 3.8) is 0 Å². The lowest BCUT2D eigenvalue weighted by Crippen LogP contribution is -2.43. The molecule has 0 saturated carbocycles. The molecule has 1 heterocycles. The Balaban J connectivity index is 1.36. The molecule has 1 saturated heterocycles. The number of aromatic hydroxyl groups is 1. The van der Waals surface area contributed by atoms with Crippen LogP contribution in [-0.4, -0.2) is 86.5 Å². The minimum atomic E-state index is -0.407. The van der Waals surface area contributed by atoms with Crippen LogP contribution in [0.5, 0.6) is 17.2 Å². The van der Waals surface area contributed by atoms with E-state index in [-0.39, 0.29) is 34.4 Å². The first-order valence-corrected chi connectivity index (χ1v) is 15.2. The van der Waals surface area contributed by atoms with E-state index >= 15 is 0 Å². The molecule has 4 rings (SSSR count). The first-order chi connectivity index (χ1) is 21.6. The largest absolute Gasteiger partial charge is 0.507 e. The molecule has 0 spiro atoms. The average molecular weight is 614 g/mol. The third-order valence-corrected chi connectivity index (χ3v) is 8.16. The third kappa shape index (κ3) is 8.30. The van der Waals surface area contributed by atoms with E-state index in [1.54, 1.807) is 31.3 Å². The number of carbonyl (C=O) groups excluding carboxylic acids is 3. The summed E-state index contributed by atoms with van der Waals surface area (Å²) in [5, 5.41) is 10.1. The molecule has 0 unspecified atom stereocenters. The highest BCUT2D eigenvalue weighted by Gasteiger charge is 2.24. The summed E-state index contributed by atoms with van der Waals surface area (Å²) in [7, 11) is 7.27. The Labute approximate surface area is 265 Å². The minimum Gasteiger partial charge on any atom is -0.507 e. The maximum absolute atomic E-state index is 13.6. The van der Waals surface area contributed by atoms with Crippen molar-refractivity contribution in [3.05, 3.63) is 95.1 Å². The fraction of sp³-hybridized carbons (Fsp3) is 0.361. The van der Waals surface area contributed by atoms with Crippen molar-refractivity contribution in [2.75, 3.05) is 52.8 Å². The molecule has 9 heteroatoms. The maximum atomic E-state index is 13.6. The number of anilines is 1. The summed E-state index contributed by atoms with van der Waals surface area (Å²) in [5.74, 6) is 0.0219. The Bertz CT molecular complexity index is 1540. The normalized spacial score (nSPS) is 13.7. The van der Waals surface area contributed by atoms with Crippen molar-refractivity contribution in [1.29, 1.82) is 0 Å². The lowest BCUT2D eigenvalue weighted by Gasteiger charge is -2.34. The number of phenols is 1. The van der Waals surface area contributed by atoms with Gasteiger partial charge in [0.15, 0.2) is 5.78 Å². The summed E-state index contributed by atoms with van der Waals surface area (Å²) in [6.45, 7) is 3.94. The van der Waals surface area contributed by atoms with Gasteiger partial charge in [0.05, 0.1) is 30.5 Å². The number of hydrogen-bond donors (Lipinski definition) is 1. The van der Waals surface area contributed by atoms with Gasteiger partial charge in [0.2, 0.25) is 5.91 Å². The summed E-state index contributed by atoms with van der Waals surface area (Å²) in [6.07, 6.45) is 6.96. The van der Waals surface area contributed by atoms with Crippen LogP contribution in [0.25, 0.3) is 0 Å². The summed E-state index contributed by atoms with van der Waals surface area (Å²) >= 11 is 0. The molecule has 0 atom stereocenters. The molecule has 0 aliphatic carbocycles. The molecule has 0 radical (unpaired) electrons. The highest BCUT2D eigenvalue weighted by molar-refractivity contribution is 6.13. The van der Waals surface area contributed by atoms with E-state index in [9.17, 15) is 19.5 Å². The predicted molar refractivity (Wildman–Crippen MR) is 176 cm³/mol. The summed E-state index contributed by atoms with van der Waals surface area (Å²) < 4.78 is 11.6. The van der Waals surface area contributed by atoms with Gasteiger partial charge in [-0.15, -0.1) is 0 Å². The van der Waals surface area contributed by atoms with Crippen LogP contribution in [0.15, 0.2) is 72.8 Å². The monoisotopic (exact) mass is 613 g/mol. The number of benzene rings is 3. The van der Waals surface area contributed by atoms with Gasteiger partial charge in [0.25, 0.3) is 5.91 Å². The number of carbonyl (C=O) groups is 3. The van der Waals surface area contributed by atoms with E-state index in [1.807, 2.05) is 36.1 Å². The molecule has 0 aromatic heterocycles. The molecule has 45 heavy (non-hydrogen) atoms. The van der Waals surface area contributed by atoms with Crippen molar-refractivity contribution in [3.8, 4) is 17.2 Å². The Morgan fingerprint density at radius 1 is 0.956 bits per heavy atom. The first-order valence-electron chi connectivity index (χ1n) is 15.2. The molecule has 2 amide bonds. The van der Waals surface area contributed by atoms with E-state index in [1.165, 1.54) is 36.3 Å². The van der Waals surface area contributed by atoms with Crippen LogP contribution >= 0.6 is 0 Å². The van der Waals surface area contributed by atoms with Gasteiger partial charge in [-0.1, -0.05) is 24.3 Å². The number of unbranched alkanes of at least 4 members (excludes halogenated alkanes) is 1. The van der Waals surface area contributed by atoms with Crippen LogP contribution in [0.4, 0.5) is 5.69 Å². The molecule has 238 valence electrons. The zero-order valence-corrected chi connectivity index (χ0v) is 26.8. The molecule has 1 N–H and O–H groups in total. The number of piperidine rings is 1. The van der Waals surface area contributed by atoms with Gasteiger partial charge in [-0.3, -0.25) is 14.4 Å². The number of para-hydroxylation sites is 1. The quantitative estimate of drug-likeness (QED) is 0.164. The van der Waals surface area contributed by atoms with Crippen LogP contribution < -0.4 is 14.4 Å². The Hall–Kier alpha value is -4.63. The molecular formula is C36H43N3O6. The zero-order chi connectivity index (χ0) is 32.5. The third-order valence-electron chi connectivity index (χ3n) is 8.16. The Kier molecular flexibility index (Phi) is 11.4. The number of aryl methyl sites for hydroxylation is 1. The minimum absolute atomic E-state index is 0.0569. The smallest absolute Gasteiger partial charge is 0.258 e. The Morgan fingerprint density at radius 3 is 2.38 bits per heavy atom. The second kappa shape index (κ2) is 15.4. The lowest BCUT2D eigenvalue weighted by atomic mass is 9.99. The van der Waals surface area contributed by atoms with Crippen molar-refractivity contribution in [2.45, 2.75) is 38.6 Å². The number of ketones is 1. The van der Waals surface area contributed by atoms with Gasteiger partial charge >= 0.3 is 0 Å². The van der Waals surface area contributed by atoms with Crippen LogP contribution in [0, 0.1) is 6.92 Å². The van der Waals surface area contributed by atoms with Gasteiger partial charge in [-0.25, -0.2) is 0 Å². The predicted octanol–water partition coefficient (Wildman–Crippen LogP) is 5.48. The number of nitrogens with zero attached hydrogens (tertiary/aromatic N) is 3. The van der Waals surface area contributed by atoms with Crippen LogP contribution in [0.3, 0.4) is 0 Å². The number of allylic oxidation sites excluding steroid dienone is 1. The summed E-state index contributed by atoms with van der Waals surface area (Å²) in [4.78, 5) is 44.8. The van der Waals surface area contributed by atoms with Gasteiger partial charge in [-0.2, -0.15) is 0 Å². The first kappa shape index (κ1) is 33.3. The van der Waals surface area contributed by atoms with E-state index in [4.69, 9.17) is 9.47 Å². The van der Waals surface area contributed by atoms with Crippen LogP contribution in [0.1, 0.15) is 57.5 Å². The van der Waals surface area contributed by atoms with Crippen molar-refractivity contribution >= 4 is 23.3 Å². The van der Waals surface area contributed by atoms with E-state index in [0.29, 0.717) is 42.5 Å². The molecule has 0 bridgehead atoms. The number of likely N-dealkylation sites (tertiary alicyclic amines) is 1. The SMILES string of the molecule is COc1cc(C(=O)N(C)c2ccc(C)cc2OCCC/C=C/C(=O)N2CCC(N(C)C)CC2)ccc1C(=O)c1ccccc1O. The number of methoxy groups -OCH3 is 1.